The van der Waals surface area contributed by atoms with Crippen molar-refractivity contribution >= 4 is 40.7 Å². The standard InChI is InChI=1S/C15H12ClN3O3S/c16-9-3-1-8(2-4-9)15-18-11(7-23-15)14(22)17-10-5-6-12(20)19-13(10)21/h1-4,7,10H,5-6H2,(H,17,22)(H,19,20,21). The van der Waals surface area contributed by atoms with E-state index in [1.165, 1.54) is 11.3 Å². The Morgan fingerprint density at radius 3 is 2.74 bits per heavy atom. The van der Waals surface area contributed by atoms with Gasteiger partial charge >= 0.3 is 0 Å². The van der Waals surface area contributed by atoms with Gasteiger partial charge in [0.1, 0.15) is 16.7 Å². The highest BCUT2D eigenvalue weighted by Crippen LogP contribution is 2.25. The van der Waals surface area contributed by atoms with E-state index in [1.807, 2.05) is 12.1 Å². The number of carbonyl (C=O) groups is 3. The van der Waals surface area contributed by atoms with Crippen molar-refractivity contribution in [1.29, 1.82) is 0 Å². The van der Waals surface area contributed by atoms with E-state index in [-0.39, 0.29) is 18.0 Å². The molecule has 2 aromatic rings. The van der Waals surface area contributed by atoms with Gasteiger partial charge in [0.15, 0.2) is 0 Å². The van der Waals surface area contributed by atoms with Crippen molar-refractivity contribution in [2.24, 2.45) is 0 Å². The number of hydrogen-bond donors (Lipinski definition) is 2. The zero-order valence-corrected chi connectivity index (χ0v) is 13.4. The van der Waals surface area contributed by atoms with Crippen molar-refractivity contribution in [2.45, 2.75) is 18.9 Å². The van der Waals surface area contributed by atoms with Gasteiger partial charge in [-0.3, -0.25) is 19.7 Å². The summed E-state index contributed by atoms with van der Waals surface area (Å²) in [5.74, 6) is -1.24. The van der Waals surface area contributed by atoms with Crippen LogP contribution in [0.5, 0.6) is 0 Å². The number of imide groups is 1. The number of piperidine rings is 1. The van der Waals surface area contributed by atoms with E-state index in [9.17, 15) is 14.4 Å². The van der Waals surface area contributed by atoms with E-state index in [1.54, 1.807) is 17.5 Å². The van der Waals surface area contributed by atoms with Crippen LogP contribution in [0.4, 0.5) is 0 Å². The second-order valence-corrected chi connectivity index (χ2v) is 6.32. The van der Waals surface area contributed by atoms with E-state index in [0.29, 0.717) is 16.5 Å². The van der Waals surface area contributed by atoms with Gasteiger partial charge in [0, 0.05) is 22.4 Å². The number of amides is 3. The molecule has 0 radical (unpaired) electrons. The Balaban J connectivity index is 1.70. The third-order valence-corrected chi connectivity index (χ3v) is 4.52. The van der Waals surface area contributed by atoms with Crippen molar-refractivity contribution in [3.05, 3.63) is 40.4 Å². The Labute approximate surface area is 140 Å². The summed E-state index contributed by atoms with van der Waals surface area (Å²) in [6.07, 6.45) is 0.508. The Kier molecular flexibility index (Phi) is 4.40. The largest absolute Gasteiger partial charge is 0.339 e. The second kappa shape index (κ2) is 6.47. The monoisotopic (exact) mass is 349 g/mol. The van der Waals surface area contributed by atoms with Gasteiger partial charge in [-0.25, -0.2) is 4.98 Å². The third-order valence-electron chi connectivity index (χ3n) is 3.37. The maximum absolute atomic E-state index is 12.2. The Morgan fingerprint density at radius 1 is 1.30 bits per heavy atom. The summed E-state index contributed by atoms with van der Waals surface area (Å²) in [6, 6.07) is 6.44. The maximum Gasteiger partial charge on any atom is 0.271 e. The molecule has 1 fully saturated rings. The van der Waals surface area contributed by atoms with Gasteiger partial charge in [-0.2, -0.15) is 0 Å². The highest BCUT2D eigenvalue weighted by atomic mass is 35.5. The van der Waals surface area contributed by atoms with Gasteiger partial charge in [0.2, 0.25) is 11.8 Å². The summed E-state index contributed by atoms with van der Waals surface area (Å²) in [4.78, 5) is 39.2. The van der Waals surface area contributed by atoms with E-state index < -0.39 is 17.9 Å². The SMILES string of the molecule is O=C1CCC(NC(=O)c2csc(-c3ccc(Cl)cc3)n2)C(=O)N1. The summed E-state index contributed by atoms with van der Waals surface area (Å²) in [5.41, 5.74) is 1.10. The topological polar surface area (TPSA) is 88.2 Å². The molecule has 0 aliphatic carbocycles. The van der Waals surface area contributed by atoms with Crippen LogP contribution in [0, 0.1) is 0 Å². The third kappa shape index (κ3) is 3.57. The molecular formula is C15H12ClN3O3S. The zero-order chi connectivity index (χ0) is 16.4. The lowest BCUT2D eigenvalue weighted by molar-refractivity contribution is -0.134. The van der Waals surface area contributed by atoms with Crippen molar-refractivity contribution in [3.8, 4) is 10.6 Å². The lowest BCUT2D eigenvalue weighted by Crippen LogP contribution is -2.52. The summed E-state index contributed by atoms with van der Waals surface area (Å²) < 4.78 is 0. The predicted molar refractivity (Wildman–Crippen MR) is 86.2 cm³/mol. The molecule has 3 amide bonds. The van der Waals surface area contributed by atoms with Gasteiger partial charge in [0.25, 0.3) is 5.91 Å². The molecular weight excluding hydrogens is 338 g/mol. The van der Waals surface area contributed by atoms with Gasteiger partial charge in [-0.1, -0.05) is 23.7 Å². The highest BCUT2D eigenvalue weighted by molar-refractivity contribution is 7.13. The van der Waals surface area contributed by atoms with E-state index in [0.717, 1.165) is 5.56 Å². The number of hydrogen-bond acceptors (Lipinski definition) is 5. The number of benzene rings is 1. The van der Waals surface area contributed by atoms with E-state index in [2.05, 4.69) is 15.6 Å². The minimum absolute atomic E-state index is 0.212. The summed E-state index contributed by atoms with van der Waals surface area (Å²) in [6.45, 7) is 0. The van der Waals surface area contributed by atoms with Crippen molar-refractivity contribution in [1.82, 2.24) is 15.6 Å². The smallest absolute Gasteiger partial charge is 0.271 e. The number of nitrogens with zero attached hydrogens (tertiary/aromatic N) is 1. The molecule has 2 N–H and O–H groups in total. The number of rotatable bonds is 3. The molecule has 3 rings (SSSR count). The van der Waals surface area contributed by atoms with Crippen molar-refractivity contribution in [3.63, 3.8) is 0 Å². The highest BCUT2D eigenvalue weighted by Gasteiger charge is 2.28. The predicted octanol–water partition coefficient (Wildman–Crippen LogP) is 2.00. The Morgan fingerprint density at radius 2 is 2.04 bits per heavy atom. The van der Waals surface area contributed by atoms with Crippen LogP contribution in [-0.4, -0.2) is 28.7 Å². The molecule has 118 valence electrons. The molecule has 2 heterocycles. The molecule has 1 atom stereocenters. The average molecular weight is 350 g/mol. The number of nitrogens with one attached hydrogen (secondary N) is 2. The minimum Gasteiger partial charge on any atom is -0.339 e. The molecule has 1 aromatic carbocycles. The molecule has 1 unspecified atom stereocenters. The van der Waals surface area contributed by atoms with Gasteiger partial charge in [-0.15, -0.1) is 11.3 Å². The average Bonchev–Trinajstić information content (AvgIpc) is 3.01. The van der Waals surface area contributed by atoms with Gasteiger partial charge < -0.3 is 5.32 Å². The summed E-state index contributed by atoms with van der Waals surface area (Å²) in [5, 5.41) is 7.74. The number of thiazole rings is 1. The minimum atomic E-state index is -0.708. The number of carbonyl (C=O) groups excluding carboxylic acids is 3. The van der Waals surface area contributed by atoms with E-state index in [4.69, 9.17) is 11.6 Å². The van der Waals surface area contributed by atoms with Crippen molar-refractivity contribution < 1.29 is 14.4 Å². The fraction of sp³-hybridized carbons (Fsp3) is 0.200. The molecule has 1 aliphatic heterocycles. The number of aromatic nitrogens is 1. The van der Waals surface area contributed by atoms with Crippen LogP contribution < -0.4 is 10.6 Å². The Hall–Kier alpha value is -2.25. The summed E-state index contributed by atoms with van der Waals surface area (Å²) >= 11 is 7.17. The molecule has 1 aliphatic rings. The summed E-state index contributed by atoms with van der Waals surface area (Å²) in [7, 11) is 0. The van der Waals surface area contributed by atoms with Crippen LogP contribution >= 0.6 is 22.9 Å². The zero-order valence-electron chi connectivity index (χ0n) is 11.8. The molecule has 8 heteroatoms. The molecule has 1 saturated heterocycles. The lowest BCUT2D eigenvalue weighted by Gasteiger charge is -2.21. The van der Waals surface area contributed by atoms with Gasteiger partial charge in [0.05, 0.1) is 0 Å². The van der Waals surface area contributed by atoms with Gasteiger partial charge in [-0.05, 0) is 18.6 Å². The van der Waals surface area contributed by atoms with Crippen LogP contribution in [0.15, 0.2) is 29.6 Å². The molecule has 6 nitrogen and oxygen atoms in total. The quantitative estimate of drug-likeness (QED) is 0.829. The molecule has 1 aromatic heterocycles. The van der Waals surface area contributed by atoms with E-state index >= 15 is 0 Å². The van der Waals surface area contributed by atoms with Crippen molar-refractivity contribution in [2.75, 3.05) is 0 Å². The first-order chi connectivity index (χ1) is 11.0. The van der Waals surface area contributed by atoms with Crippen LogP contribution in [0.3, 0.4) is 0 Å². The fourth-order valence-electron chi connectivity index (χ4n) is 2.17. The maximum atomic E-state index is 12.2. The first-order valence-electron chi connectivity index (χ1n) is 6.89. The first-order valence-corrected chi connectivity index (χ1v) is 8.15. The first kappa shape index (κ1) is 15.6. The molecule has 0 spiro atoms. The number of halogens is 1. The molecule has 0 bridgehead atoms. The molecule has 0 saturated carbocycles. The van der Waals surface area contributed by atoms with Crippen LogP contribution in [0.1, 0.15) is 23.3 Å². The molecule has 23 heavy (non-hydrogen) atoms. The second-order valence-electron chi connectivity index (χ2n) is 5.02. The van der Waals surface area contributed by atoms with Crippen LogP contribution in [-0.2, 0) is 9.59 Å². The van der Waals surface area contributed by atoms with Crippen LogP contribution in [0.25, 0.3) is 10.6 Å². The van der Waals surface area contributed by atoms with Crippen LogP contribution in [0.2, 0.25) is 5.02 Å². The Bertz CT molecular complexity index is 773. The lowest BCUT2D eigenvalue weighted by atomic mass is 10.1. The fourth-order valence-corrected chi connectivity index (χ4v) is 3.10. The normalized spacial score (nSPS) is 17.7.